The number of nitrogens with zero attached hydrogens (tertiary/aromatic N) is 2. The summed E-state index contributed by atoms with van der Waals surface area (Å²) < 4.78 is 0. The molecule has 1 atom stereocenters. The zero-order valence-electron chi connectivity index (χ0n) is 11.0. The van der Waals surface area contributed by atoms with E-state index in [0.717, 1.165) is 45.6 Å². The minimum atomic E-state index is -0.373. The average molecular weight is 240 g/mol. The van der Waals surface area contributed by atoms with Crippen molar-refractivity contribution in [2.24, 2.45) is 0 Å². The Bertz CT molecular complexity index is 268. The quantitative estimate of drug-likeness (QED) is 0.701. The first-order valence-corrected chi connectivity index (χ1v) is 6.60. The van der Waals surface area contributed by atoms with Crippen molar-refractivity contribution in [2.45, 2.75) is 31.7 Å². The molecule has 0 radical (unpaired) electrons. The van der Waals surface area contributed by atoms with Gasteiger partial charge in [-0.3, -0.25) is 10.2 Å². The number of carbonyl (C=O) groups excluding carboxylic acids is 1. The van der Waals surface area contributed by atoms with Crippen LogP contribution in [0, 0.1) is 0 Å². The molecule has 2 fully saturated rings. The van der Waals surface area contributed by atoms with Crippen LogP contribution in [0.2, 0.25) is 0 Å². The molecule has 5 heteroatoms. The van der Waals surface area contributed by atoms with Crippen molar-refractivity contribution in [1.82, 2.24) is 20.7 Å². The van der Waals surface area contributed by atoms with E-state index >= 15 is 0 Å². The zero-order chi connectivity index (χ0) is 12.3. The first kappa shape index (κ1) is 12.8. The van der Waals surface area contributed by atoms with Crippen molar-refractivity contribution in [3.05, 3.63) is 0 Å². The molecule has 0 aliphatic carbocycles. The van der Waals surface area contributed by atoms with E-state index in [9.17, 15) is 4.79 Å². The van der Waals surface area contributed by atoms with Crippen LogP contribution in [0.5, 0.6) is 0 Å². The van der Waals surface area contributed by atoms with Crippen LogP contribution in [-0.4, -0.2) is 61.1 Å². The van der Waals surface area contributed by atoms with Crippen LogP contribution in [0.1, 0.15) is 26.2 Å². The number of hydrogen-bond donors (Lipinski definition) is 2. The highest BCUT2D eigenvalue weighted by atomic mass is 16.2. The maximum atomic E-state index is 12.2. The van der Waals surface area contributed by atoms with Gasteiger partial charge in [-0.1, -0.05) is 0 Å². The van der Waals surface area contributed by atoms with Gasteiger partial charge in [0.15, 0.2) is 0 Å². The SMILES string of the molecule is CN1CCN(NC(=O)C2(C)CCCCN2)CC1. The first-order valence-electron chi connectivity index (χ1n) is 6.60. The number of hydrazine groups is 1. The van der Waals surface area contributed by atoms with Gasteiger partial charge in [0.05, 0.1) is 5.54 Å². The number of carbonyl (C=O) groups is 1. The number of amides is 1. The van der Waals surface area contributed by atoms with E-state index in [1.807, 2.05) is 11.9 Å². The third-order valence-corrected chi connectivity index (χ3v) is 3.88. The van der Waals surface area contributed by atoms with Crippen molar-refractivity contribution >= 4 is 5.91 Å². The molecule has 1 unspecified atom stereocenters. The molecule has 0 aromatic heterocycles. The minimum Gasteiger partial charge on any atom is -0.304 e. The number of rotatable bonds is 2. The summed E-state index contributed by atoms with van der Waals surface area (Å²) in [4.78, 5) is 14.5. The molecular weight excluding hydrogens is 216 g/mol. The molecule has 2 rings (SSSR count). The van der Waals surface area contributed by atoms with Gasteiger partial charge in [0.2, 0.25) is 0 Å². The van der Waals surface area contributed by atoms with Gasteiger partial charge in [-0.2, -0.15) is 0 Å². The van der Waals surface area contributed by atoms with Crippen LogP contribution in [0.25, 0.3) is 0 Å². The van der Waals surface area contributed by atoms with Gasteiger partial charge in [0.25, 0.3) is 5.91 Å². The smallest absolute Gasteiger partial charge is 0.254 e. The van der Waals surface area contributed by atoms with Gasteiger partial charge in [0.1, 0.15) is 0 Å². The summed E-state index contributed by atoms with van der Waals surface area (Å²) in [5, 5.41) is 5.39. The fourth-order valence-corrected chi connectivity index (χ4v) is 2.44. The molecule has 98 valence electrons. The van der Waals surface area contributed by atoms with Gasteiger partial charge in [-0.05, 0) is 39.8 Å². The molecule has 0 spiro atoms. The topological polar surface area (TPSA) is 47.6 Å². The molecule has 1 amide bonds. The number of likely N-dealkylation sites (N-methyl/N-ethyl adjacent to an activating group) is 1. The highest BCUT2D eigenvalue weighted by Gasteiger charge is 2.35. The van der Waals surface area contributed by atoms with E-state index in [2.05, 4.69) is 22.7 Å². The predicted molar refractivity (Wildman–Crippen MR) is 67.5 cm³/mol. The maximum Gasteiger partial charge on any atom is 0.254 e. The number of hydrogen-bond acceptors (Lipinski definition) is 4. The second-order valence-corrected chi connectivity index (χ2v) is 5.45. The third kappa shape index (κ3) is 3.18. The Labute approximate surface area is 103 Å². The van der Waals surface area contributed by atoms with E-state index in [1.165, 1.54) is 6.42 Å². The summed E-state index contributed by atoms with van der Waals surface area (Å²) in [6.45, 7) is 6.83. The molecule has 0 aromatic carbocycles. The van der Waals surface area contributed by atoms with E-state index < -0.39 is 0 Å². The molecule has 2 saturated heterocycles. The molecule has 17 heavy (non-hydrogen) atoms. The van der Waals surface area contributed by atoms with E-state index in [4.69, 9.17) is 0 Å². The highest BCUT2D eigenvalue weighted by Crippen LogP contribution is 2.18. The molecule has 0 saturated carbocycles. The summed E-state index contributed by atoms with van der Waals surface area (Å²) in [6.07, 6.45) is 3.25. The summed E-state index contributed by atoms with van der Waals surface area (Å²) in [5.41, 5.74) is 2.68. The van der Waals surface area contributed by atoms with Gasteiger partial charge < -0.3 is 10.2 Å². The Morgan fingerprint density at radius 3 is 2.53 bits per heavy atom. The fraction of sp³-hybridized carbons (Fsp3) is 0.917. The summed E-state index contributed by atoms with van der Waals surface area (Å²) in [7, 11) is 2.11. The Kier molecular flexibility index (Phi) is 4.01. The Balaban J connectivity index is 1.83. The van der Waals surface area contributed by atoms with Crippen LogP contribution in [-0.2, 0) is 4.79 Å². The lowest BCUT2D eigenvalue weighted by Gasteiger charge is -2.38. The van der Waals surface area contributed by atoms with E-state index in [-0.39, 0.29) is 11.4 Å². The Hall–Kier alpha value is -0.650. The largest absolute Gasteiger partial charge is 0.304 e. The van der Waals surface area contributed by atoms with Crippen LogP contribution in [0.4, 0.5) is 0 Å². The lowest BCUT2D eigenvalue weighted by Crippen LogP contribution is -2.62. The maximum absolute atomic E-state index is 12.2. The standard InChI is InChI=1S/C12H24N4O/c1-12(5-3-4-6-13-12)11(17)14-16-9-7-15(2)8-10-16/h13H,3-10H2,1-2H3,(H,14,17). The fourth-order valence-electron chi connectivity index (χ4n) is 2.44. The molecule has 2 N–H and O–H groups in total. The van der Waals surface area contributed by atoms with Gasteiger partial charge in [-0.25, -0.2) is 5.01 Å². The molecule has 2 aliphatic rings. The van der Waals surface area contributed by atoms with Crippen molar-refractivity contribution in [2.75, 3.05) is 39.8 Å². The molecule has 0 bridgehead atoms. The second-order valence-electron chi connectivity index (χ2n) is 5.45. The first-order chi connectivity index (χ1) is 8.10. The third-order valence-electron chi connectivity index (χ3n) is 3.88. The lowest BCUT2D eigenvalue weighted by atomic mass is 9.90. The molecule has 0 aromatic rings. The zero-order valence-corrected chi connectivity index (χ0v) is 11.0. The second kappa shape index (κ2) is 5.33. The summed E-state index contributed by atoms with van der Waals surface area (Å²) in [5.74, 6) is 0.127. The number of nitrogens with one attached hydrogen (secondary N) is 2. The van der Waals surface area contributed by atoms with E-state index in [0.29, 0.717) is 0 Å². The van der Waals surface area contributed by atoms with Crippen molar-refractivity contribution in [3.8, 4) is 0 Å². The molecular formula is C12H24N4O. The van der Waals surface area contributed by atoms with Crippen molar-refractivity contribution in [3.63, 3.8) is 0 Å². The summed E-state index contributed by atoms with van der Waals surface area (Å²) >= 11 is 0. The van der Waals surface area contributed by atoms with Crippen LogP contribution >= 0.6 is 0 Å². The predicted octanol–water partition coefficient (Wildman–Crippen LogP) is -0.203. The molecule has 5 nitrogen and oxygen atoms in total. The Morgan fingerprint density at radius 1 is 1.24 bits per heavy atom. The molecule has 2 aliphatic heterocycles. The normalized spacial score (nSPS) is 32.4. The lowest BCUT2D eigenvalue weighted by molar-refractivity contribution is -0.133. The van der Waals surface area contributed by atoms with Crippen molar-refractivity contribution < 1.29 is 4.79 Å². The Morgan fingerprint density at radius 2 is 1.94 bits per heavy atom. The van der Waals surface area contributed by atoms with Gasteiger partial charge in [-0.15, -0.1) is 0 Å². The van der Waals surface area contributed by atoms with Crippen LogP contribution < -0.4 is 10.7 Å². The van der Waals surface area contributed by atoms with Crippen molar-refractivity contribution in [1.29, 1.82) is 0 Å². The van der Waals surface area contributed by atoms with Crippen LogP contribution in [0.3, 0.4) is 0 Å². The number of piperazine rings is 1. The van der Waals surface area contributed by atoms with Gasteiger partial charge in [0, 0.05) is 26.2 Å². The monoisotopic (exact) mass is 240 g/mol. The minimum absolute atomic E-state index is 0.127. The van der Waals surface area contributed by atoms with Crippen LogP contribution in [0.15, 0.2) is 0 Å². The van der Waals surface area contributed by atoms with Gasteiger partial charge >= 0.3 is 0 Å². The molecule has 2 heterocycles. The number of piperidine rings is 1. The average Bonchev–Trinajstić information content (AvgIpc) is 2.33. The summed E-state index contributed by atoms with van der Waals surface area (Å²) in [6, 6.07) is 0. The highest BCUT2D eigenvalue weighted by molar-refractivity contribution is 5.85. The van der Waals surface area contributed by atoms with E-state index in [1.54, 1.807) is 0 Å².